The van der Waals surface area contributed by atoms with Gasteiger partial charge in [0.1, 0.15) is 23.3 Å². The highest BCUT2D eigenvalue weighted by Crippen LogP contribution is 2.32. The van der Waals surface area contributed by atoms with Crippen molar-refractivity contribution in [3.63, 3.8) is 0 Å². The number of benzene rings is 3. The van der Waals surface area contributed by atoms with Crippen LogP contribution in [0.1, 0.15) is 41.2 Å². The maximum absolute atomic E-state index is 14.3. The third-order valence-corrected chi connectivity index (χ3v) is 6.69. The van der Waals surface area contributed by atoms with Crippen molar-refractivity contribution >= 4 is 34.6 Å². The summed E-state index contributed by atoms with van der Waals surface area (Å²) in [6, 6.07) is 13.5. The summed E-state index contributed by atoms with van der Waals surface area (Å²) in [5.41, 5.74) is 6.09. The SMILES string of the molecule is CC(=Nc1c(C)cccc1C)N1CCCN(C(=Nc2c(C)cc(C)cc2Cl)c2cc(F)cc(F)c2)C1. The van der Waals surface area contributed by atoms with Gasteiger partial charge in [0.05, 0.1) is 23.1 Å². The third-order valence-electron chi connectivity index (χ3n) is 6.40. The largest absolute Gasteiger partial charge is 0.342 e. The summed E-state index contributed by atoms with van der Waals surface area (Å²) in [5.74, 6) is 0.0652. The summed E-state index contributed by atoms with van der Waals surface area (Å²) in [7, 11) is 0. The van der Waals surface area contributed by atoms with E-state index in [0.717, 1.165) is 52.8 Å². The van der Waals surface area contributed by atoms with E-state index in [9.17, 15) is 8.78 Å². The first-order chi connectivity index (χ1) is 17.1. The molecule has 3 aromatic rings. The fourth-order valence-corrected chi connectivity index (χ4v) is 4.97. The van der Waals surface area contributed by atoms with Gasteiger partial charge in [-0.3, -0.25) is 0 Å². The number of rotatable bonds is 3. The first-order valence-electron chi connectivity index (χ1n) is 12.1. The molecule has 0 bridgehead atoms. The zero-order chi connectivity index (χ0) is 26.0. The number of nitrogens with zero attached hydrogens (tertiary/aromatic N) is 4. The standard InChI is InChI=1S/C29H31ClF2N4/c1-18-12-21(4)28(26(30)13-18)34-29(23-14-24(31)16-25(32)15-23)36-11-7-10-35(17-36)22(5)33-27-19(2)8-6-9-20(27)3/h6,8-9,12-16H,7,10-11,17H2,1-5H3. The van der Waals surface area contributed by atoms with Gasteiger partial charge in [-0.25, -0.2) is 18.8 Å². The Morgan fingerprint density at radius 1 is 0.806 bits per heavy atom. The molecule has 0 unspecified atom stereocenters. The normalized spacial score (nSPS) is 15.0. The predicted molar refractivity (Wildman–Crippen MR) is 145 cm³/mol. The summed E-state index contributed by atoms with van der Waals surface area (Å²) < 4.78 is 28.5. The van der Waals surface area contributed by atoms with Crippen LogP contribution in [-0.4, -0.2) is 41.2 Å². The Balaban J connectivity index is 1.75. The van der Waals surface area contributed by atoms with Crippen molar-refractivity contribution < 1.29 is 8.78 Å². The van der Waals surface area contributed by atoms with Crippen molar-refractivity contribution in [2.24, 2.45) is 9.98 Å². The predicted octanol–water partition coefficient (Wildman–Crippen LogP) is 7.65. The second-order valence-electron chi connectivity index (χ2n) is 9.43. The Bertz CT molecular complexity index is 1290. The summed E-state index contributed by atoms with van der Waals surface area (Å²) in [6.45, 7) is 12.0. The maximum atomic E-state index is 14.3. The number of halogens is 3. The Morgan fingerprint density at radius 2 is 1.44 bits per heavy atom. The van der Waals surface area contributed by atoms with Crippen LogP contribution in [0.3, 0.4) is 0 Å². The molecule has 3 aromatic carbocycles. The minimum absolute atomic E-state index is 0.370. The van der Waals surface area contributed by atoms with Crippen LogP contribution in [0.2, 0.25) is 5.02 Å². The Kier molecular flexibility index (Phi) is 7.74. The molecule has 0 aromatic heterocycles. The van der Waals surface area contributed by atoms with E-state index in [1.165, 1.54) is 12.1 Å². The highest BCUT2D eigenvalue weighted by atomic mass is 35.5. The quantitative estimate of drug-likeness (QED) is 0.269. The monoisotopic (exact) mass is 508 g/mol. The van der Waals surface area contributed by atoms with Crippen LogP contribution in [0.4, 0.5) is 20.2 Å². The summed E-state index contributed by atoms with van der Waals surface area (Å²) in [4.78, 5) is 14.0. The molecule has 4 rings (SSSR count). The topological polar surface area (TPSA) is 31.2 Å². The van der Waals surface area contributed by atoms with E-state index in [-0.39, 0.29) is 0 Å². The van der Waals surface area contributed by atoms with Crippen LogP contribution in [0.25, 0.3) is 0 Å². The molecule has 0 N–H and O–H groups in total. The van der Waals surface area contributed by atoms with Gasteiger partial charge in [-0.1, -0.05) is 35.9 Å². The second kappa shape index (κ2) is 10.8. The molecular formula is C29H31ClF2N4. The lowest BCUT2D eigenvalue weighted by molar-refractivity contribution is 0.212. The van der Waals surface area contributed by atoms with Crippen molar-refractivity contribution in [2.45, 2.75) is 41.0 Å². The number of para-hydroxylation sites is 1. The van der Waals surface area contributed by atoms with Crippen molar-refractivity contribution in [1.29, 1.82) is 0 Å². The molecular weight excluding hydrogens is 478 g/mol. The summed E-state index contributed by atoms with van der Waals surface area (Å²) >= 11 is 6.56. The molecule has 0 atom stereocenters. The van der Waals surface area contributed by atoms with Gasteiger partial charge >= 0.3 is 0 Å². The van der Waals surface area contributed by atoms with Crippen molar-refractivity contribution in [3.05, 3.63) is 93.0 Å². The van der Waals surface area contributed by atoms with E-state index in [4.69, 9.17) is 21.6 Å². The van der Waals surface area contributed by atoms with Gasteiger partial charge in [-0.15, -0.1) is 0 Å². The molecule has 0 saturated carbocycles. The lowest BCUT2D eigenvalue weighted by atomic mass is 10.1. The molecule has 1 fully saturated rings. The van der Waals surface area contributed by atoms with Gasteiger partial charge in [-0.05, 0) is 81.5 Å². The van der Waals surface area contributed by atoms with Crippen LogP contribution in [-0.2, 0) is 0 Å². The molecule has 4 nitrogen and oxygen atoms in total. The number of aliphatic imine (C=N–C) groups is 2. The molecule has 1 saturated heterocycles. The van der Waals surface area contributed by atoms with Crippen molar-refractivity contribution in [2.75, 3.05) is 19.8 Å². The van der Waals surface area contributed by atoms with Crippen molar-refractivity contribution in [1.82, 2.24) is 9.80 Å². The Labute approximate surface area is 216 Å². The molecule has 36 heavy (non-hydrogen) atoms. The zero-order valence-electron chi connectivity index (χ0n) is 21.4. The number of hydrogen-bond donors (Lipinski definition) is 0. The lowest BCUT2D eigenvalue weighted by Crippen LogP contribution is -2.49. The van der Waals surface area contributed by atoms with Crippen LogP contribution in [0.15, 0.2) is 58.5 Å². The van der Waals surface area contributed by atoms with E-state index in [2.05, 4.69) is 30.9 Å². The van der Waals surface area contributed by atoms with Gasteiger partial charge in [0.2, 0.25) is 0 Å². The van der Waals surface area contributed by atoms with Crippen molar-refractivity contribution in [3.8, 4) is 0 Å². The number of amidine groups is 2. The third kappa shape index (κ3) is 5.76. The average Bonchev–Trinajstić information content (AvgIpc) is 2.80. The highest BCUT2D eigenvalue weighted by Gasteiger charge is 2.24. The first-order valence-corrected chi connectivity index (χ1v) is 12.4. The van der Waals surface area contributed by atoms with Crippen LogP contribution < -0.4 is 0 Å². The fraction of sp³-hybridized carbons (Fsp3) is 0.310. The smallest absolute Gasteiger partial charge is 0.138 e. The first kappa shape index (κ1) is 25.8. The maximum Gasteiger partial charge on any atom is 0.138 e. The second-order valence-corrected chi connectivity index (χ2v) is 9.83. The van der Waals surface area contributed by atoms with Gasteiger partial charge in [0, 0.05) is 24.7 Å². The Morgan fingerprint density at radius 3 is 2.08 bits per heavy atom. The van der Waals surface area contributed by atoms with Gasteiger partial charge in [0.15, 0.2) is 0 Å². The molecule has 1 aliphatic rings. The Hall–Kier alpha value is -3.25. The van der Waals surface area contributed by atoms with Gasteiger partial charge < -0.3 is 9.80 Å². The molecule has 188 valence electrons. The number of aryl methyl sites for hydroxylation is 4. The van der Waals surface area contributed by atoms with E-state index in [1.807, 2.05) is 43.9 Å². The van der Waals surface area contributed by atoms with E-state index in [1.54, 1.807) is 0 Å². The van der Waals surface area contributed by atoms with Crippen LogP contribution in [0.5, 0.6) is 0 Å². The van der Waals surface area contributed by atoms with Crippen LogP contribution in [0, 0.1) is 39.3 Å². The average molecular weight is 509 g/mol. The number of hydrogen-bond acceptors (Lipinski definition) is 2. The molecule has 1 heterocycles. The van der Waals surface area contributed by atoms with Crippen LogP contribution >= 0.6 is 11.6 Å². The fourth-order valence-electron chi connectivity index (χ4n) is 4.61. The molecule has 7 heteroatoms. The van der Waals surface area contributed by atoms with E-state index in [0.29, 0.717) is 35.3 Å². The molecule has 1 aliphatic heterocycles. The van der Waals surface area contributed by atoms with Gasteiger partial charge in [-0.2, -0.15) is 0 Å². The molecule has 0 radical (unpaired) electrons. The minimum atomic E-state index is -0.647. The summed E-state index contributed by atoms with van der Waals surface area (Å²) in [5, 5.41) is 0.503. The summed E-state index contributed by atoms with van der Waals surface area (Å²) in [6.07, 6.45) is 0.844. The molecule has 0 amide bonds. The highest BCUT2D eigenvalue weighted by molar-refractivity contribution is 6.33. The van der Waals surface area contributed by atoms with E-state index >= 15 is 0 Å². The lowest BCUT2D eigenvalue weighted by Gasteiger charge is -2.38. The minimum Gasteiger partial charge on any atom is -0.342 e. The molecule has 0 spiro atoms. The molecule has 0 aliphatic carbocycles. The van der Waals surface area contributed by atoms with E-state index < -0.39 is 11.6 Å². The van der Waals surface area contributed by atoms with Gasteiger partial charge in [0.25, 0.3) is 0 Å². The zero-order valence-corrected chi connectivity index (χ0v) is 22.1.